The number of alkyl halides is 1. The monoisotopic (exact) mass is 426 g/mol. The van der Waals surface area contributed by atoms with E-state index in [1.165, 1.54) is 10.6 Å². The molecule has 0 N–H and O–H groups in total. The maximum atomic E-state index is 15.1. The number of hydrogen-bond donors (Lipinski definition) is 0. The number of ether oxygens (including phenoxy) is 3. The molecule has 2 aliphatic rings. The predicted molar refractivity (Wildman–Crippen MR) is 112 cm³/mol. The number of hydrogen-bond acceptors (Lipinski definition) is 7. The van der Waals surface area contributed by atoms with Crippen molar-refractivity contribution in [3.63, 3.8) is 0 Å². The Morgan fingerprint density at radius 3 is 2.74 bits per heavy atom. The first-order chi connectivity index (χ1) is 15.0. The fraction of sp³-hybridized carbons (Fsp3) is 0.409. The van der Waals surface area contributed by atoms with Crippen molar-refractivity contribution in [1.82, 2.24) is 14.6 Å². The number of benzene rings is 1. The van der Waals surface area contributed by atoms with E-state index in [2.05, 4.69) is 10.1 Å². The molecule has 9 heteroatoms. The summed E-state index contributed by atoms with van der Waals surface area (Å²) in [5.74, 6) is 2.42. The van der Waals surface area contributed by atoms with E-state index in [9.17, 15) is 4.79 Å². The number of anilines is 1. The summed E-state index contributed by atoms with van der Waals surface area (Å²) in [6, 6.07) is 8.53. The Balaban J connectivity index is 1.33. The molecular weight excluding hydrogens is 403 g/mol. The fourth-order valence-electron chi connectivity index (χ4n) is 4.03. The van der Waals surface area contributed by atoms with Gasteiger partial charge in [-0.05, 0) is 37.6 Å². The van der Waals surface area contributed by atoms with Crippen LogP contribution in [0.4, 0.5) is 10.2 Å². The van der Waals surface area contributed by atoms with E-state index in [1.54, 1.807) is 25.1 Å². The van der Waals surface area contributed by atoms with Crippen LogP contribution in [0.1, 0.15) is 17.7 Å². The Morgan fingerprint density at radius 2 is 1.94 bits per heavy atom. The largest absolute Gasteiger partial charge is 0.487 e. The summed E-state index contributed by atoms with van der Waals surface area (Å²) in [5.41, 5.74) is 1.72. The van der Waals surface area contributed by atoms with Gasteiger partial charge in [-0.2, -0.15) is 4.52 Å². The van der Waals surface area contributed by atoms with Crippen LogP contribution in [0, 0.1) is 13.8 Å². The minimum atomic E-state index is -1.22. The molecule has 0 spiro atoms. The molecule has 0 radical (unpaired) electrons. The molecule has 1 fully saturated rings. The van der Waals surface area contributed by atoms with E-state index in [0.717, 1.165) is 5.56 Å². The summed E-state index contributed by atoms with van der Waals surface area (Å²) < 4.78 is 33.3. The zero-order chi connectivity index (χ0) is 21.5. The SMILES string of the molecule is Cc1cc(=O)n2nc(N3CC[C@@H](Oc4ccc5c(c4)OCCO5)[C@@H](F)C3)c(C)cc2n1. The van der Waals surface area contributed by atoms with Crippen molar-refractivity contribution in [2.75, 3.05) is 31.2 Å². The number of piperidine rings is 1. The normalized spacial score (nSPS) is 20.7. The molecule has 2 aliphatic heterocycles. The van der Waals surface area contributed by atoms with Crippen molar-refractivity contribution in [2.45, 2.75) is 32.5 Å². The van der Waals surface area contributed by atoms with E-state index < -0.39 is 12.3 Å². The van der Waals surface area contributed by atoms with Crippen LogP contribution in [0.3, 0.4) is 0 Å². The van der Waals surface area contributed by atoms with Gasteiger partial charge in [-0.25, -0.2) is 9.37 Å². The van der Waals surface area contributed by atoms with Gasteiger partial charge in [-0.3, -0.25) is 4.79 Å². The second-order valence-electron chi connectivity index (χ2n) is 7.87. The van der Waals surface area contributed by atoms with E-state index in [0.29, 0.717) is 60.6 Å². The minimum Gasteiger partial charge on any atom is -0.487 e. The van der Waals surface area contributed by atoms with Gasteiger partial charge in [0, 0.05) is 30.8 Å². The first kappa shape index (κ1) is 19.6. The van der Waals surface area contributed by atoms with Crippen molar-refractivity contribution in [2.24, 2.45) is 0 Å². The lowest BCUT2D eigenvalue weighted by molar-refractivity contribution is 0.0809. The molecule has 0 bridgehead atoms. The van der Waals surface area contributed by atoms with Gasteiger partial charge in [0.15, 0.2) is 29.1 Å². The van der Waals surface area contributed by atoms with Crippen LogP contribution in [-0.4, -0.2) is 53.2 Å². The number of rotatable bonds is 3. The second-order valence-corrected chi connectivity index (χ2v) is 7.87. The van der Waals surface area contributed by atoms with Gasteiger partial charge in [-0.1, -0.05) is 0 Å². The van der Waals surface area contributed by atoms with Gasteiger partial charge < -0.3 is 19.1 Å². The molecule has 5 rings (SSSR count). The minimum absolute atomic E-state index is 0.128. The second kappa shape index (κ2) is 7.72. The third kappa shape index (κ3) is 3.75. The molecular formula is C22H23FN4O4. The van der Waals surface area contributed by atoms with Crippen molar-refractivity contribution < 1.29 is 18.6 Å². The molecule has 1 aromatic carbocycles. The summed E-state index contributed by atoms with van der Waals surface area (Å²) in [6.07, 6.45) is -1.31. The highest BCUT2D eigenvalue weighted by atomic mass is 19.1. The van der Waals surface area contributed by atoms with E-state index in [1.807, 2.05) is 17.9 Å². The topological polar surface area (TPSA) is 78.2 Å². The Hall–Kier alpha value is -3.36. The van der Waals surface area contributed by atoms with Gasteiger partial charge >= 0.3 is 0 Å². The van der Waals surface area contributed by atoms with Crippen molar-refractivity contribution >= 4 is 11.5 Å². The van der Waals surface area contributed by atoms with Crippen molar-refractivity contribution in [3.05, 3.63) is 51.9 Å². The molecule has 2 aromatic heterocycles. The zero-order valence-electron chi connectivity index (χ0n) is 17.4. The van der Waals surface area contributed by atoms with Crippen LogP contribution >= 0.6 is 0 Å². The maximum Gasteiger partial charge on any atom is 0.274 e. The van der Waals surface area contributed by atoms with E-state index >= 15 is 4.39 Å². The fourth-order valence-corrected chi connectivity index (χ4v) is 4.03. The van der Waals surface area contributed by atoms with Crippen LogP contribution in [0.15, 0.2) is 35.1 Å². The summed E-state index contributed by atoms with van der Waals surface area (Å²) in [7, 11) is 0. The van der Waals surface area contributed by atoms with E-state index in [4.69, 9.17) is 14.2 Å². The summed E-state index contributed by atoms with van der Waals surface area (Å²) in [6.45, 7) is 5.34. The lowest BCUT2D eigenvalue weighted by Gasteiger charge is -2.36. The number of aromatic nitrogens is 3. The van der Waals surface area contributed by atoms with Crippen LogP contribution in [0.2, 0.25) is 0 Å². The maximum absolute atomic E-state index is 15.1. The van der Waals surface area contributed by atoms with Crippen LogP contribution < -0.4 is 24.7 Å². The van der Waals surface area contributed by atoms with Crippen molar-refractivity contribution in [1.29, 1.82) is 0 Å². The van der Waals surface area contributed by atoms with Gasteiger partial charge in [0.25, 0.3) is 5.56 Å². The smallest absolute Gasteiger partial charge is 0.274 e. The lowest BCUT2D eigenvalue weighted by Crippen LogP contribution is -2.47. The summed E-state index contributed by atoms with van der Waals surface area (Å²) >= 11 is 0. The molecule has 2 atom stereocenters. The Kier molecular flexibility index (Phi) is 4.88. The molecule has 3 aromatic rings. The Morgan fingerprint density at radius 1 is 1.13 bits per heavy atom. The third-order valence-corrected chi connectivity index (χ3v) is 5.52. The molecule has 0 amide bonds. The number of nitrogens with zero attached hydrogens (tertiary/aromatic N) is 4. The van der Waals surface area contributed by atoms with Crippen LogP contribution in [0.25, 0.3) is 5.65 Å². The average molecular weight is 426 g/mol. The van der Waals surface area contributed by atoms with Crippen LogP contribution in [0.5, 0.6) is 17.2 Å². The number of fused-ring (bicyclic) bond motifs is 2. The first-order valence-corrected chi connectivity index (χ1v) is 10.3. The van der Waals surface area contributed by atoms with Gasteiger partial charge in [0.05, 0.1) is 6.54 Å². The molecule has 8 nitrogen and oxygen atoms in total. The summed E-state index contributed by atoms with van der Waals surface area (Å²) in [5, 5.41) is 4.46. The van der Waals surface area contributed by atoms with E-state index in [-0.39, 0.29) is 12.1 Å². The molecule has 0 unspecified atom stereocenters. The van der Waals surface area contributed by atoms with Gasteiger partial charge in [0.2, 0.25) is 0 Å². The molecule has 31 heavy (non-hydrogen) atoms. The standard InChI is InChI=1S/C22H23FN4O4/c1-13-9-20-24-14(2)10-21(28)27(20)25-22(13)26-6-5-17(16(23)12-26)31-15-3-4-18-19(11-15)30-8-7-29-18/h3-4,9-11,16-17H,5-8,12H2,1-2H3/t16-,17+/m0/s1. The lowest BCUT2D eigenvalue weighted by atomic mass is 10.1. The van der Waals surface area contributed by atoms with Crippen molar-refractivity contribution in [3.8, 4) is 17.2 Å². The average Bonchev–Trinajstić information content (AvgIpc) is 2.74. The van der Waals surface area contributed by atoms with Gasteiger partial charge in [-0.15, -0.1) is 5.10 Å². The zero-order valence-corrected chi connectivity index (χ0v) is 17.4. The van der Waals surface area contributed by atoms with Gasteiger partial charge in [0.1, 0.15) is 25.1 Å². The first-order valence-electron chi connectivity index (χ1n) is 10.3. The molecule has 0 aliphatic carbocycles. The predicted octanol–water partition coefficient (Wildman–Crippen LogP) is 2.47. The van der Waals surface area contributed by atoms with Crippen LogP contribution in [-0.2, 0) is 0 Å². The molecule has 4 heterocycles. The Bertz CT molecular complexity index is 1200. The Labute approximate surface area is 178 Å². The quantitative estimate of drug-likeness (QED) is 0.637. The highest BCUT2D eigenvalue weighted by Crippen LogP contribution is 2.35. The highest BCUT2D eigenvalue weighted by Gasteiger charge is 2.32. The number of halogens is 1. The number of aryl methyl sites for hydroxylation is 2. The highest BCUT2D eigenvalue weighted by molar-refractivity contribution is 5.53. The molecule has 1 saturated heterocycles. The third-order valence-electron chi connectivity index (χ3n) is 5.52. The molecule has 0 saturated carbocycles. The summed E-state index contributed by atoms with van der Waals surface area (Å²) in [4.78, 5) is 18.5. The molecule has 162 valence electrons.